The molecule has 0 unspecified atom stereocenters. The van der Waals surface area contributed by atoms with Crippen molar-refractivity contribution >= 4 is 11.9 Å². The number of nitrogen functional groups attached to an aromatic ring is 1. The quantitative estimate of drug-likeness (QED) is 0.673. The number of nitrogens with one attached hydrogen (secondary N) is 1. The first kappa shape index (κ1) is 10.2. The fourth-order valence-electron chi connectivity index (χ4n) is 0.834. The fraction of sp³-hybridized carbons (Fsp3) is 0.500. The molecule has 1 heterocycles. The Hall–Kier alpha value is -1.90. The summed E-state index contributed by atoms with van der Waals surface area (Å²) in [6.45, 7) is 5.87. The summed E-state index contributed by atoms with van der Waals surface area (Å²) in [4.78, 5) is 11.4. The van der Waals surface area contributed by atoms with E-state index in [9.17, 15) is 0 Å². The second-order valence-electron chi connectivity index (χ2n) is 3.83. The summed E-state index contributed by atoms with van der Waals surface area (Å²) in [5.74, 6) is 0.383. The lowest BCUT2D eigenvalue weighted by molar-refractivity contribution is 0.625. The molecular weight excluding hydrogens is 180 g/mol. The highest BCUT2D eigenvalue weighted by Gasteiger charge is 2.12. The third-order valence-corrected chi connectivity index (χ3v) is 1.24. The van der Waals surface area contributed by atoms with Crippen LogP contribution in [0.25, 0.3) is 0 Å². The molecule has 0 aromatic carbocycles. The van der Waals surface area contributed by atoms with Gasteiger partial charge in [0, 0.05) is 5.54 Å². The average molecular weight is 192 g/mol. The highest BCUT2D eigenvalue weighted by Crippen LogP contribution is 2.10. The summed E-state index contributed by atoms with van der Waals surface area (Å²) >= 11 is 0. The first-order valence-electron chi connectivity index (χ1n) is 4.10. The Morgan fingerprint density at radius 1 is 1.29 bits per heavy atom. The van der Waals surface area contributed by atoms with Crippen LogP contribution in [0.1, 0.15) is 26.6 Å². The van der Waals surface area contributed by atoms with Crippen molar-refractivity contribution in [2.75, 3.05) is 11.1 Å². The van der Waals surface area contributed by atoms with Crippen LogP contribution in [0.4, 0.5) is 11.9 Å². The van der Waals surface area contributed by atoms with Crippen molar-refractivity contribution in [3.05, 3.63) is 5.82 Å². The molecule has 0 amide bonds. The standard InChI is InChI=1S/C8H12N6/c1-8(2,3)14-7-12-5(4-9)11-6(10)13-7/h1-3H3,(H3,10,11,12,13,14). The molecule has 1 aromatic rings. The normalized spacial score (nSPS) is 10.7. The summed E-state index contributed by atoms with van der Waals surface area (Å²) in [6.07, 6.45) is 0. The summed E-state index contributed by atoms with van der Waals surface area (Å²) in [5.41, 5.74) is 5.22. The zero-order valence-electron chi connectivity index (χ0n) is 8.37. The third kappa shape index (κ3) is 2.86. The van der Waals surface area contributed by atoms with Gasteiger partial charge >= 0.3 is 0 Å². The molecule has 0 saturated carbocycles. The molecule has 0 atom stereocenters. The van der Waals surface area contributed by atoms with Crippen molar-refractivity contribution < 1.29 is 0 Å². The van der Waals surface area contributed by atoms with Crippen molar-refractivity contribution in [1.29, 1.82) is 5.26 Å². The van der Waals surface area contributed by atoms with Crippen LogP contribution in [0.3, 0.4) is 0 Å². The minimum Gasteiger partial charge on any atom is -0.368 e. The Bertz CT molecular complexity index is 372. The highest BCUT2D eigenvalue weighted by atomic mass is 15.2. The van der Waals surface area contributed by atoms with E-state index in [4.69, 9.17) is 11.0 Å². The maximum Gasteiger partial charge on any atom is 0.238 e. The fourth-order valence-corrected chi connectivity index (χ4v) is 0.834. The Balaban J connectivity index is 3.00. The van der Waals surface area contributed by atoms with Crippen molar-refractivity contribution in [3.63, 3.8) is 0 Å². The topological polar surface area (TPSA) is 101 Å². The number of anilines is 2. The minimum atomic E-state index is -0.180. The molecule has 0 radical (unpaired) electrons. The van der Waals surface area contributed by atoms with Crippen LogP contribution in [0.2, 0.25) is 0 Å². The van der Waals surface area contributed by atoms with E-state index in [0.717, 1.165) is 0 Å². The summed E-state index contributed by atoms with van der Waals surface area (Å²) in [7, 11) is 0. The van der Waals surface area contributed by atoms with E-state index in [0.29, 0.717) is 5.95 Å². The van der Waals surface area contributed by atoms with Gasteiger partial charge in [-0.3, -0.25) is 0 Å². The van der Waals surface area contributed by atoms with Gasteiger partial charge in [0.15, 0.2) is 0 Å². The molecule has 0 fully saturated rings. The summed E-state index contributed by atoms with van der Waals surface area (Å²) in [6, 6.07) is 1.81. The van der Waals surface area contributed by atoms with Gasteiger partial charge in [0.25, 0.3) is 0 Å². The van der Waals surface area contributed by atoms with E-state index in [-0.39, 0.29) is 17.3 Å². The molecule has 0 saturated heterocycles. The lowest BCUT2D eigenvalue weighted by Gasteiger charge is -2.20. The number of nitrogens with zero attached hydrogens (tertiary/aromatic N) is 4. The van der Waals surface area contributed by atoms with Crippen LogP contribution in [0.5, 0.6) is 0 Å². The molecule has 6 heteroatoms. The molecule has 0 spiro atoms. The first-order chi connectivity index (χ1) is 6.40. The van der Waals surface area contributed by atoms with E-state index >= 15 is 0 Å². The molecule has 14 heavy (non-hydrogen) atoms. The van der Waals surface area contributed by atoms with E-state index in [1.165, 1.54) is 0 Å². The minimum absolute atomic E-state index is 0.0178. The number of aromatic nitrogens is 3. The predicted octanol–water partition coefficient (Wildman–Crippen LogP) is 0.536. The van der Waals surface area contributed by atoms with Gasteiger partial charge in [-0.15, -0.1) is 0 Å². The van der Waals surface area contributed by atoms with Crippen LogP contribution in [0.15, 0.2) is 0 Å². The lowest BCUT2D eigenvalue weighted by atomic mass is 10.1. The Morgan fingerprint density at radius 3 is 2.43 bits per heavy atom. The van der Waals surface area contributed by atoms with Gasteiger partial charge in [0.05, 0.1) is 0 Å². The lowest BCUT2D eigenvalue weighted by Crippen LogP contribution is -2.27. The van der Waals surface area contributed by atoms with Crippen LogP contribution in [-0.2, 0) is 0 Å². The second kappa shape index (κ2) is 3.46. The van der Waals surface area contributed by atoms with Crippen molar-refractivity contribution in [1.82, 2.24) is 15.0 Å². The van der Waals surface area contributed by atoms with E-state index in [1.807, 2.05) is 26.8 Å². The molecule has 3 N–H and O–H groups in total. The molecule has 0 aliphatic carbocycles. The number of hydrogen-bond acceptors (Lipinski definition) is 6. The van der Waals surface area contributed by atoms with Gasteiger partial charge in [-0.05, 0) is 20.8 Å². The molecule has 74 valence electrons. The van der Waals surface area contributed by atoms with Crippen molar-refractivity contribution in [2.24, 2.45) is 0 Å². The number of hydrogen-bond donors (Lipinski definition) is 2. The van der Waals surface area contributed by atoms with Crippen LogP contribution in [0, 0.1) is 11.3 Å². The Morgan fingerprint density at radius 2 is 1.93 bits per heavy atom. The van der Waals surface area contributed by atoms with Gasteiger partial charge in [-0.25, -0.2) is 0 Å². The predicted molar refractivity (Wildman–Crippen MR) is 52.3 cm³/mol. The molecular formula is C8H12N6. The molecule has 1 aromatic heterocycles. The monoisotopic (exact) mass is 192 g/mol. The van der Waals surface area contributed by atoms with Gasteiger partial charge in [0.1, 0.15) is 6.07 Å². The maximum atomic E-state index is 8.60. The van der Waals surface area contributed by atoms with Crippen LogP contribution >= 0.6 is 0 Å². The van der Waals surface area contributed by atoms with Crippen LogP contribution in [-0.4, -0.2) is 20.5 Å². The Kier molecular flexibility index (Phi) is 2.51. The molecule has 1 rings (SSSR count). The molecule has 0 aliphatic rings. The van der Waals surface area contributed by atoms with Gasteiger partial charge in [-0.1, -0.05) is 0 Å². The number of rotatable bonds is 1. The van der Waals surface area contributed by atoms with Gasteiger partial charge in [0.2, 0.25) is 17.7 Å². The SMILES string of the molecule is CC(C)(C)Nc1nc(N)nc(C#N)n1. The number of nitrogens with two attached hydrogens (primary N) is 1. The van der Waals surface area contributed by atoms with Gasteiger partial charge in [-0.2, -0.15) is 20.2 Å². The average Bonchev–Trinajstić information content (AvgIpc) is 1.99. The van der Waals surface area contributed by atoms with Crippen LogP contribution < -0.4 is 11.1 Å². The van der Waals surface area contributed by atoms with E-state index in [2.05, 4.69) is 20.3 Å². The molecule has 0 aliphatic heterocycles. The Labute approximate surface area is 82.2 Å². The zero-order chi connectivity index (χ0) is 10.8. The van der Waals surface area contributed by atoms with Crippen molar-refractivity contribution in [2.45, 2.75) is 26.3 Å². The smallest absolute Gasteiger partial charge is 0.238 e. The molecule has 0 bridgehead atoms. The van der Waals surface area contributed by atoms with Gasteiger partial charge < -0.3 is 11.1 Å². The largest absolute Gasteiger partial charge is 0.368 e. The highest BCUT2D eigenvalue weighted by molar-refractivity contribution is 5.35. The third-order valence-electron chi connectivity index (χ3n) is 1.24. The second-order valence-corrected chi connectivity index (χ2v) is 3.83. The van der Waals surface area contributed by atoms with Crippen molar-refractivity contribution in [3.8, 4) is 6.07 Å². The van der Waals surface area contributed by atoms with E-state index < -0.39 is 0 Å². The van der Waals surface area contributed by atoms with E-state index in [1.54, 1.807) is 0 Å². The number of nitriles is 1. The first-order valence-corrected chi connectivity index (χ1v) is 4.10. The maximum absolute atomic E-state index is 8.60. The summed E-state index contributed by atoms with van der Waals surface area (Å²) in [5, 5.41) is 11.6. The molecule has 6 nitrogen and oxygen atoms in total. The zero-order valence-corrected chi connectivity index (χ0v) is 8.37. The summed E-state index contributed by atoms with van der Waals surface area (Å²) < 4.78 is 0.